The van der Waals surface area contributed by atoms with Crippen LogP contribution in [0.25, 0.3) is 0 Å². The number of nitrogens with zero attached hydrogens (tertiary/aromatic N) is 3. The highest BCUT2D eigenvalue weighted by atomic mass is 16.5. The van der Waals surface area contributed by atoms with Crippen molar-refractivity contribution in [3.05, 3.63) is 11.8 Å². The molecule has 0 spiro atoms. The molecule has 0 aromatic carbocycles. The van der Waals surface area contributed by atoms with Gasteiger partial charge in [0.05, 0.1) is 18.2 Å². The van der Waals surface area contributed by atoms with Gasteiger partial charge in [-0.15, -0.1) is 10.2 Å². The second kappa shape index (κ2) is 4.74. The molecular formula is C12H21N3O2. The van der Waals surface area contributed by atoms with Crippen molar-refractivity contribution in [1.82, 2.24) is 15.1 Å². The summed E-state index contributed by atoms with van der Waals surface area (Å²) in [6.45, 7) is 10.8. The quantitative estimate of drug-likeness (QED) is 0.802. The SMILES string of the molecule is CCc1nnc(CN2CC(C)OC(C)(C)C2)o1. The zero-order valence-electron chi connectivity index (χ0n) is 11.1. The maximum atomic E-state index is 5.86. The number of aryl methyl sites for hydroxylation is 1. The topological polar surface area (TPSA) is 51.4 Å². The summed E-state index contributed by atoms with van der Waals surface area (Å²) in [7, 11) is 0. The molecule has 0 radical (unpaired) electrons. The number of hydrogen-bond acceptors (Lipinski definition) is 5. The van der Waals surface area contributed by atoms with Gasteiger partial charge in [-0.05, 0) is 20.8 Å². The minimum absolute atomic E-state index is 0.106. The van der Waals surface area contributed by atoms with Crippen LogP contribution in [0, 0.1) is 0 Å². The van der Waals surface area contributed by atoms with E-state index in [0.717, 1.165) is 19.5 Å². The van der Waals surface area contributed by atoms with Gasteiger partial charge in [0.1, 0.15) is 0 Å². The predicted octanol–water partition coefficient (Wildman–Crippen LogP) is 1.63. The lowest BCUT2D eigenvalue weighted by Gasteiger charge is -2.41. The third-order valence-electron chi connectivity index (χ3n) is 2.81. The molecule has 1 aliphatic rings. The molecule has 2 heterocycles. The first-order chi connectivity index (χ1) is 7.98. The van der Waals surface area contributed by atoms with Crippen molar-refractivity contribution in [1.29, 1.82) is 0 Å². The van der Waals surface area contributed by atoms with Crippen molar-refractivity contribution in [3.8, 4) is 0 Å². The average Bonchev–Trinajstić information content (AvgIpc) is 2.62. The van der Waals surface area contributed by atoms with Gasteiger partial charge >= 0.3 is 0 Å². The Labute approximate surface area is 102 Å². The predicted molar refractivity (Wildman–Crippen MR) is 63.6 cm³/mol. The van der Waals surface area contributed by atoms with E-state index < -0.39 is 0 Å². The standard InChI is InChI=1S/C12H21N3O2/c1-5-10-13-14-11(16-10)7-15-6-9(2)17-12(3,4)8-15/h9H,5-8H2,1-4H3. The largest absolute Gasteiger partial charge is 0.424 e. The van der Waals surface area contributed by atoms with Crippen LogP contribution in [-0.2, 0) is 17.7 Å². The molecule has 1 aromatic rings. The Morgan fingerprint density at radius 2 is 2.06 bits per heavy atom. The van der Waals surface area contributed by atoms with Crippen LogP contribution in [0.2, 0.25) is 0 Å². The molecule has 96 valence electrons. The summed E-state index contributed by atoms with van der Waals surface area (Å²) in [4.78, 5) is 2.31. The van der Waals surface area contributed by atoms with Gasteiger partial charge in [-0.1, -0.05) is 6.92 Å². The fraction of sp³-hybridized carbons (Fsp3) is 0.833. The highest BCUT2D eigenvalue weighted by Crippen LogP contribution is 2.21. The molecule has 0 amide bonds. The zero-order chi connectivity index (χ0) is 12.5. The molecule has 17 heavy (non-hydrogen) atoms. The van der Waals surface area contributed by atoms with Gasteiger partial charge < -0.3 is 9.15 Å². The Kier molecular flexibility index (Phi) is 3.49. The van der Waals surface area contributed by atoms with E-state index in [4.69, 9.17) is 9.15 Å². The Morgan fingerprint density at radius 1 is 1.35 bits per heavy atom. The van der Waals surface area contributed by atoms with E-state index in [-0.39, 0.29) is 11.7 Å². The van der Waals surface area contributed by atoms with Gasteiger partial charge in [0.15, 0.2) is 0 Å². The summed E-state index contributed by atoms with van der Waals surface area (Å²) >= 11 is 0. The summed E-state index contributed by atoms with van der Waals surface area (Å²) in [6.07, 6.45) is 1.03. The minimum Gasteiger partial charge on any atom is -0.424 e. The van der Waals surface area contributed by atoms with Gasteiger partial charge in [-0.2, -0.15) is 0 Å². The van der Waals surface area contributed by atoms with Crippen LogP contribution in [-0.4, -0.2) is 39.9 Å². The number of rotatable bonds is 3. The summed E-state index contributed by atoms with van der Waals surface area (Å²) in [5.41, 5.74) is -0.106. The fourth-order valence-electron chi connectivity index (χ4n) is 2.39. The van der Waals surface area contributed by atoms with Crippen LogP contribution in [0.4, 0.5) is 0 Å². The number of aromatic nitrogens is 2. The number of ether oxygens (including phenoxy) is 1. The van der Waals surface area contributed by atoms with Crippen molar-refractivity contribution in [3.63, 3.8) is 0 Å². The fourth-order valence-corrected chi connectivity index (χ4v) is 2.39. The van der Waals surface area contributed by atoms with Crippen molar-refractivity contribution in [2.75, 3.05) is 13.1 Å². The first kappa shape index (κ1) is 12.5. The summed E-state index contributed by atoms with van der Waals surface area (Å²) in [6, 6.07) is 0. The highest BCUT2D eigenvalue weighted by Gasteiger charge is 2.31. The Morgan fingerprint density at radius 3 is 2.65 bits per heavy atom. The van der Waals surface area contributed by atoms with Gasteiger partial charge in [-0.3, -0.25) is 4.90 Å². The zero-order valence-corrected chi connectivity index (χ0v) is 11.1. The average molecular weight is 239 g/mol. The molecule has 5 heteroatoms. The molecule has 5 nitrogen and oxygen atoms in total. The van der Waals surface area contributed by atoms with E-state index in [1.54, 1.807) is 0 Å². The molecule has 1 atom stereocenters. The Bertz CT molecular complexity index is 376. The lowest BCUT2D eigenvalue weighted by Crippen LogP contribution is -2.51. The van der Waals surface area contributed by atoms with Crippen LogP contribution < -0.4 is 0 Å². The summed E-state index contributed by atoms with van der Waals surface area (Å²) in [5, 5.41) is 8.04. The van der Waals surface area contributed by atoms with Crippen LogP contribution >= 0.6 is 0 Å². The van der Waals surface area contributed by atoms with E-state index in [9.17, 15) is 0 Å². The smallest absolute Gasteiger partial charge is 0.230 e. The first-order valence-electron chi connectivity index (χ1n) is 6.20. The van der Waals surface area contributed by atoms with Gasteiger partial charge in [0.2, 0.25) is 11.8 Å². The summed E-state index contributed by atoms with van der Waals surface area (Å²) in [5.74, 6) is 1.41. The maximum absolute atomic E-state index is 5.86. The lowest BCUT2D eigenvalue weighted by atomic mass is 10.1. The van der Waals surface area contributed by atoms with Crippen molar-refractivity contribution in [2.24, 2.45) is 0 Å². The van der Waals surface area contributed by atoms with Gasteiger partial charge in [0, 0.05) is 19.5 Å². The van der Waals surface area contributed by atoms with Crippen molar-refractivity contribution in [2.45, 2.75) is 52.4 Å². The molecule has 1 unspecified atom stereocenters. The van der Waals surface area contributed by atoms with E-state index in [0.29, 0.717) is 18.3 Å². The number of morpholine rings is 1. The van der Waals surface area contributed by atoms with E-state index in [1.807, 2.05) is 6.92 Å². The molecule has 0 bridgehead atoms. The second-order valence-corrected chi connectivity index (χ2v) is 5.30. The molecule has 1 aromatic heterocycles. The van der Waals surface area contributed by atoms with Crippen molar-refractivity contribution >= 4 is 0 Å². The van der Waals surface area contributed by atoms with Crippen LogP contribution in [0.5, 0.6) is 0 Å². The lowest BCUT2D eigenvalue weighted by molar-refractivity contribution is -0.131. The maximum Gasteiger partial charge on any atom is 0.230 e. The summed E-state index contributed by atoms with van der Waals surface area (Å²) < 4.78 is 11.4. The van der Waals surface area contributed by atoms with Gasteiger partial charge in [0.25, 0.3) is 0 Å². The molecular weight excluding hydrogens is 218 g/mol. The normalized spacial score (nSPS) is 25.1. The Balaban J connectivity index is 1.98. The first-order valence-corrected chi connectivity index (χ1v) is 6.20. The monoisotopic (exact) mass is 239 g/mol. The molecule has 1 saturated heterocycles. The highest BCUT2D eigenvalue weighted by molar-refractivity contribution is 4.87. The van der Waals surface area contributed by atoms with E-state index >= 15 is 0 Å². The molecule has 2 rings (SSSR count). The van der Waals surface area contributed by atoms with Crippen LogP contribution in [0.3, 0.4) is 0 Å². The minimum atomic E-state index is -0.106. The molecule has 0 aliphatic carbocycles. The third kappa shape index (κ3) is 3.26. The van der Waals surface area contributed by atoms with E-state index in [1.165, 1.54) is 0 Å². The van der Waals surface area contributed by atoms with Crippen LogP contribution in [0.1, 0.15) is 39.5 Å². The molecule has 1 aliphatic heterocycles. The molecule has 0 saturated carbocycles. The van der Waals surface area contributed by atoms with Crippen molar-refractivity contribution < 1.29 is 9.15 Å². The molecule has 0 N–H and O–H groups in total. The van der Waals surface area contributed by atoms with Crippen LogP contribution in [0.15, 0.2) is 4.42 Å². The third-order valence-corrected chi connectivity index (χ3v) is 2.81. The second-order valence-electron chi connectivity index (χ2n) is 5.30. The molecule has 1 fully saturated rings. The van der Waals surface area contributed by atoms with E-state index in [2.05, 4.69) is 35.9 Å². The number of hydrogen-bond donors (Lipinski definition) is 0. The van der Waals surface area contributed by atoms with Gasteiger partial charge in [-0.25, -0.2) is 0 Å². The Hall–Kier alpha value is -0.940.